The average molecular weight is 339 g/mol. The van der Waals surface area contributed by atoms with Gasteiger partial charge in [0.05, 0.1) is 31.3 Å². The van der Waals surface area contributed by atoms with Gasteiger partial charge in [-0.2, -0.15) is 4.31 Å². The lowest BCUT2D eigenvalue weighted by atomic mass is 10.2. The van der Waals surface area contributed by atoms with E-state index in [1.54, 1.807) is 36.4 Å². The van der Waals surface area contributed by atoms with Gasteiger partial charge in [0, 0.05) is 13.1 Å². The molecule has 0 bridgehead atoms. The van der Waals surface area contributed by atoms with Gasteiger partial charge in [-0.25, -0.2) is 8.42 Å². The zero-order chi connectivity index (χ0) is 17.1. The van der Waals surface area contributed by atoms with Gasteiger partial charge < -0.3 is 9.47 Å². The molecule has 0 aromatic heterocycles. The SMILES string of the molecule is C=CCOCCN(CCOCC=C)S(=O)(=O)c1ccc(C)cc1. The highest BCUT2D eigenvalue weighted by molar-refractivity contribution is 7.89. The van der Waals surface area contributed by atoms with Crippen LogP contribution < -0.4 is 0 Å². The number of sulfonamides is 1. The van der Waals surface area contributed by atoms with E-state index in [1.165, 1.54) is 4.31 Å². The van der Waals surface area contributed by atoms with E-state index in [1.807, 2.05) is 6.92 Å². The molecule has 0 heterocycles. The summed E-state index contributed by atoms with van der Waals surface area (Å²) in [6.07, 6.45) is 3.26. The summed E-state index contributed by atoms with van der Waals surface area (Å²) in [5.41, 5.74) is 1.01. The van der Waals surface area contributed by atoms with Gasteiger partial charge in [-0.15, -0.1) is 13.2 Å². The second-order valence-electron chi connectivity index (χ2n) is 4.94. The van der Waals surface area contributed by atoms with Crippen LogP contribution in [0.3, 0.4) is 0 Å². The maximum Gasteiger partial charge on any atom is 0.243 e. The second kappa shape index (κ2) is 10.3. The lowest BCUT2D eigenvalue weighted by molar-refractivity contribution is 0.122. The molecule has 0 saturated carbocycles. The zero-order valence-electron chi connectivity index (χ0n) is 13.6. The van der Waals surface area contributed by atoms with Crippen LogP contribution in [0.2, 0.25) is 0 Å². The molecule has 0 saturated heterocycles. The number of rotatable bonds is 12. The van der Waals surface area contributed by atoms with Crippen molar-refractivity contribution in [2.45, 2.75) is 11.8 Å². The van der Waals surface area contributed by atoms with E-state index in [4.69, 9.17) is 9.47 Å². The Morgan fingerprint density at radius 2 is 1.48 bits per heavy atom. The van der Waals surface area contributed by atoms with Crippen LogP contribution in [-0.4, -0.2) is 52.2 Å². The number of benzene rings is 1. The van der Waals surface area contributed by atoms with Crippen LogP contribution in [-0.2, 0) is 19.5 Å². The first-order chi connectivity index (χ1) is 11.0. The third-order valence-corrected chi connectivity index (χ3v) is 5.01. The summed E-state index contributed by atoms with van der Waals surface area (Å²) in [5, 5.41) is 0. The van der Waals surface area contributed by atoms with Gasteiger partial charge in [0.25, 0.3) is 0 Å². The number of nitrogens with zero attached hydrogens (tertiary/aromatic N) is 1. The molecule has 0 unspecified atom stereocenters. The summed E-state index contributed by atoms with van der Waals surface area (Å²) in [7, 11) is -3.57. The molecule has 0 radical (unpaired) electrons. The third-order valence-electron chi connectivity index (χ3n) is 3.10. The summed E-state index contributed by atoms with van der Waals surface area (Å²) in [5.74, 6) is 0. The van der Waals surface area contributed by atoms with Gasteiger partial charge in [-0.05, 0) is 19.1 Å². The van der Waals surface area contributed by atoms with Crippen LogP contribution in [0.25, 0.3) is 0 Å². The van der Waals surface area contributed by atoms with Crippen molar-refractivity contribution >= 4 is 10.0 Å². The van der Waals surface area contributed by atoms with Crippen molar-refractivity contribution in [3.05, 3.63) is 55.1 Å². The lowest BCUT2D eigenvalue weighted by Crippen LogP contribution is -2.36. The van der Waals surface area contributed by atoms with Crippen molar-refractivity contribution in [1.29, 1.82) is 0 Å². The third kappa shape index (κ3) is 6.66. The fourth-order valence-electron chi connectivity index (χ4n) is 1.88. The Hall–Kier alpha value is -1.47. The largest absolute Gasteiger partial charge is 0.376 e. The quantitative estimate of drug-likeness (QED) is 0.433. The van der Waals surface area contributed by atoms with Crippen molar-refractivity contribution in [3.8, 4) is 0 Å². The highest BCUT2D eigenvalue weighted by Crippen LogP contribution is 2.16. The zero-order valence-corrected chi connectivity index (χ0v) is 14.4. The van der Waals surface area contributed by atoms with Crippen LogP contribution in [0.1, 0.15) is 5.56 Å². The van der Waals surface area contributed by atoms with E-state index in [0.29, 0.717) is 26.4 Å². The van der Waals surface area contributed by atoms with Gasteiger partial charge in [-0.1, -0.05) is 29.8 Å². The molecule has 0 atom stereocenters. The minimum atomic E-state index is -3.57. The summed E-state index contributed by atoms with van der Waals surface area (Å²) >= 11 is 0. The molecular formula is C17H25NO4S. The summed E-state index contributed by atoms with van der Waals surface area (Å²) < 4.78 is 37.5. The lowest BCUT2D eigenvalue weighted by Gasteiger charge is -2.22. The Morgan fingerprint density at radius 1 is 1.00 bits per heavy atom. The van der Waals surface area contributed by atoms with E-state index >= 15 is 0 Å². The first kappa shape index (κ1) is 19.6. The van der Waals surface area contributed by atoms with Crippen molar-refractivity contribution in [1.82, 2.24) is 4.31 Å². The van der Waals surface area contributed by atoms with E-state index in [-0.39, 0.29) is 18.0 Å². The fraction of sp³-hybridized carbons (Fsp3) is 0.412. The molecule has 0 aliphatic carbocycles. The fourth-order valence-corrected chi connectivity index (χ4v) is 3.29. The van der Waals surface area contributed by atoms with Crippen LogP contribution in [0.5, 0.6) is 0 Å². The number of hydrogen-bond acceptors (Lipinski definition) is 4. The monoisotopic (exact) mass is 339 g/mol. The van der Waals surface area contributed by atoms with E-state index in [0.717, 1.165) is 5.56 Å². The van der Waals surface area contributed by atoms with Gasteiger partial charge in [0.1, 0.15) is 0 Å². The molecule has 23 heavy (non-hydrogen) atoms. The Labute approximate surface area is 139 Å². The minimum absolute atomic E-state index is 0.265. The first-order valence-electron chi connectivity index (χ1n) is 7.46. The molecule has 5 nitrogen and oxygen atoms in total. The van der Waals surface area contributed by atoms with Crippen molar-refractivity contribution in [3.63, 3.8) is 0 Å². The molecule has 0 amide bonds. The molecule has 0 spiro atoms. The molecule has 1 aromatic carbocycles. The average Bonchev–Trinajstić information content (AvgIpc) is 2.53. The number of aryl methyl sites for hydroxylation is 1. The van der Waals surface area contributed by atoms with Gasteiger partial charge >= 0.3 is 0 Å². The Kier molecular flexibility index (Phi) is 8.79. The highest BCUT2D eigenvalue weighted by Gasteiger charge is 2.23. The van der Waals surface area contributed by atoms with E-state index < -0.39 is 10.0 Å². The topological polar surface area (TPSA) is 55.8 Å². The predicted octanol–water partition coefficient (Wildman–Crippen LogP) is 2.39. The second-order valence-corrected chi connectivity index (χ2v) is 6.88. The molecular weight excluding hydrogens is 314 g/mol. The maximum absolute atomic E-state index is 12.7. The van der Waals surface area contributed by atoms with Gasteiger partial charge in [0.2, 0.25) is 10.0 Å². The molecule has 1 rings (SSSR count). The summed E-state index contributed by atoms with van der Waals surface area (Å²) in [6.45, 7) is 11.0. The minimum Gasteiger partial charge on any atom is -0.376 e. The Balaban J connectivity index is 2.79. The predicted molar refractivity (Wildman–Crippen MR) is 92.0 cm³/mol. The van der Waals surface area contributed by atoms with Crippen LogP contribution in [0, 0.1) is 6.92 Å². The van der Waals surface area contributed by atoms with Gasteiger partial charge in [-0.3, -0.25) is 0 Å². The number of ether oxygens (including phenoxy) is 2. The van der Waals surface area contributed by atoms with Crippen molar-refractivity contribution in [2.24, 2.45) is 0 Å². The summed E-state index contributed by atoms with van der Waals surface area (Å²) in [4.78, 5) is 0.274. The molecule has 0 aliphatic heterocycles. The smallest absolute Gasteiger partial charge is 0.243 e. The van der Waals surface area contributed by atoms with Gasteiger partial charge in [0.15, 0.2) is 0 Å². The first-order valence-corrected chi connectivity index (χ1v) is 8.90. The maximum atomic E-state index is 12.7. The van der Waals surface area contributed by atoms with Crippen LogP contribution in [0.4, 0.5) is 0 Å². The van der Waals surface area contributed by atoms with Crippen molar-refractivity contribution in [2.75, 3.05) is 39.5 Å². The summed E-state index contributed by atoms with van der Waals surface area (Å²) in [6, 6.07) is 6.81. The Morgan fingerprint density at radius 3 is 1.91 bits per heavy atom. The molecule has 128 valence electrons. The molecule has 0 N–H and O–H groups in total. The van der Waals surface area contributed by atoms with Crippen molar-refractivity contribution < 1.29 is 17.9 Å². The van der Waals surface area contributed by atoms with E-state index in [9.17, 15) is 8.42 Å². The number of hydrogen-bond donors (Lipinski definition) is 0. The Bertz CT molecular complexity index is 565. The highest BCUT2D eigenvalue weighted by atomic mass is 32.2. The standard InChI is InChI=1S/C17H25NO4S/c1-4-12-21-14-10-18(11-15-22-13-5-2)23(19,20)17-8-6-16(3)7-9-17/h4-9H,1-2,10-15H2,3H3. The molecule has 0 fully saturated rings. The van der Waals surface area contributed by atoms with Crippen LogP contribution in [0.15, 0.2) is 54.5 Å². The van der Waals surface area contributed by atoms with Crippen LogP contribution >= 0.6 is 0 Å². The molecule has 6 heteroatoms. The molecule has 0 aliphatic rings. The molecule has 1 aromatic rings. The normalized spacial score (nSPS) is 11.6. The van der Waals surface area contributed by atoms with E-state index in [2.05, 4.69) is 13.2 Å².